The fourth-order valence-electron chi connectivity index (χ4n) is 3.33. The summed E-state index contributed by atoms with van der Waals surface area (Å²) in [5.74, 6) is 0.759. The van der Waals surface area contributed by atoms with E-state index < -0.39 is 0 Å². The van der Waals surface area contributed by atoms with E-state index in [1.165, 1.54) is 6.42 Å². The van der Waals surface area contributed by atoms with Crippen LogP contribution in [0.3, 0.4) is 0 Å². The number of piperidine rings is 2. The second-order valence-electron chi connectivity index (χ2n) is 6.36. The van der Waals surface area contributed by atoms with Crippen molar-refractivity contribution in [2.24, 2.45) is 10.9 Å². The third-order valence-electron chi connectivity index (χ3n) is 4.73. The van der Waals surface area contributed by atoms with Gasteiger partial charge in [0, 0.05) is 33.2 Å². The van der Waals surface area contributed by atoms with Gasteiger partial charge >= 0.3 is 5.97 Å². The van der Waals surface area contributed by atoms with Gasteiger partial charge in [0.05, 0.1) is 19.1 Å². The lowest BCUT2D eigenvalue weighted by Gasteiger charge is -2.33. The van der Waals surface area contributed by atoms with Gasteiger partial charge < -0.3 is 19.9 Å². The summed E-state index contributed by atoms with van der Waals surface area (Å²) >= 11 is 0. The molecule has 2 heterocycles. The average molecular weight is 466 g/mol. The molecular weight excluding hydrogens is 435 g/mol. The van der Waals surface area contributed by atoms with Gasteiger partial charge in [-0.2, -0.15) is 0 Å². The topological polar surface area (TPSA) is 74.2 Å². The quantitative estimate of drug-likeness (QED) is 0.294. The Morgan fingerprint density at radius 2 is 1.72 bits per heavy atom. The maximum Gasteiger partial charge on any atom is 0.309 e. The van der Waals surface area contributed by atoms with E-state index in [-0.39, 0.29) is 48.3 Å². The number of nitrogens with zero attached hydrogens (tertiary/aromatic N) is 3. The maximum absolute atomic E-state index is 12.2. The molecule has 1 N–H and O–H groups in total. The van der Waals surface area contributed by atoms with E-state index in [9.17, 15) is 9.59 Å². The van der Waals surface area contributed by atoms with Gasteiger partial charge in [0.15, 0.2) is 5.96 Å². The fraction of sp³-hybridized carbons (Fsp3) is 0.824. The van der Waals surface area contributed by atoms with E-state index >= 15 is 0 Å². The van der Waals surface area contributed by atoms with Crippen molar-refractivity contribution in [2.75, 3.05) is 46.4 Å². The van der Waals surface area contributed by atoms with Gasteiger partial charge in [0.2, 0.25) is 5.91 Å². The molecule has 1 amide bonds. The lowest BCUT2D eigenvalue weighted by atomic mass is 9.97. The zero-order valence-electron chi connectivity index (χ0n) is 15.3. The predicted molar refractivity (Wildman–Crippen MR) is 108 cm³/mol. The molecule has 2 fully saturated rings. The van der Waals surface area contributed by atoms with Crippen LogP contribution < -0.4 is 5.32 Å². The molecule has 0 aromatic carbocycles. The number of likely N-dealkylation sites (tertiary alicyclic amines) is 2. The fourth-order valence-corrected chi connectivity index (χ4v) is 3.33. The number of esters is 1. The van der Waals surface area contributed by atoms with Crippen LogP contribution in [0.4, 0.5) is 0 Å². The molecular formula is C17H31IN4O3. The molecule has 8 heteroatoms. The van der Waals surface area contributed by atoms with Crippen LogP contribution in [0.5, 0.6) is 0 Å². The first kappa shape index (κ1) is 22.0. The molecule has 0 aromatic rings. The van der Waals surface area contributed by atoms with Crippen molar-refractivity contribution in [3.63, 3.8) is 0 Å². The number of rotatable bonds is 4. The first-order valence-corrected chi connectivity index (χ1v) is 9.05. The minimum atomic E-state index is -0.0969. The van der Waals surface area contributed by atoms with E-state index in [4.69, 9.17) is 4.74 Å². The number of halogens is 1. The van der Waals surface area contributed by atoms with Crippen molar-refractivity contribution in [1.82, 2.24) is 15.1 Å². The molecule has 2 rings (SSSR count). The highest BCUT2D eigenvalue weighted by Gasteiger charge is 2.27. The van der Waals surface area contributed by atoms with Crippen LogP contribution in [-0.4, -0.2) is 74.0 Å². The highest BCUT2D eigenvalue weighted by molar-refractivity contribution is 14.0. The van der Waals surface area contributed by atoms with Crippen LogP contribution in [0.2, 0.25) is 0 Å². The Morgan fingerprint density at radius 1 is 1.08 bits per heavy atom. The van der Waals surface area contributed by atoms with Crippen LogP contribution in [0.25, 0.3) is 0 Å². The first-order chi connectivity index (χ1) is 11.7. The van der Waals surface area contributed by atoms with Crippen LogP contribution in [0, 0.1) is 5.92 Å². The number of nitrogens with one attached hydrogen (secondary N) is 1. The summed E-state index contributed by atoms with van der Waals surface area (Å²) in [6.45, 7) is 5.78. The van der Waals surface area contributed by atoms with Crippen molar-refractivity contribution in [3.05, 3.63) is 0 Å². The standard InChI is InChI=1S/C17H30N4O3.HI/c1-3-24-16(23)14-7-11-21(12-8-14)17(18-2)19-13-15(22)20-9-5-4-6-10-20;/h14H,3-13H2,1-2H3,(H,18,19);1H. The lowest BCUT2D eigenvalue weighted by Crippen LogP contribution is -2.50. The molecule has 0 aliphatic carbocycles. The molecule has 0 aromatic heterocycles. The highest BCUT2D eigenvalue weighted by Crippen LogP contribution is 2.18. The minimum absolute atomic E-state index is 0. The van der Waals surface area contributed by atoms with Crippen molar-refractivity contribution in [3.8, 4) is 0 Å². The number of ether oxygens (including phenoxy) is 1. The second kappa shape index (κ2) is 11.5. The summed E-state index contributed by atoms with van der Waals surface area (Å²) in [6.07, 6.45) is 4.94. The van der Waals surface area contributed by atoms with Gasteiger partial charge in [-0.25, -0.2) is 0 Å². The van der Waals surface area contributed by atoms with E-state index in [2.05, 4.69) is 15.2 Å². The second-order valence-corrected chi connectivity index (χ2v) is 6.36. The smallest absolute Gasteiger partial charge is 0.309 e. The number of hydrogen-bond acceptors (Lipinski definition) is 4. The Hall–Kier alpha value is -1.06. The number of aliphatic imine (C=N–C) groups is 1. The zero-order chi connectivity index (χ0) is 17.4. The Kier molecular flexibility index (Phi) is 10.1. The third kappa shape index (κ3) is 6.63. The Labute approximate surface area is 167 Å². The van der Waals surface area contributed by atoms with Crippen molar-refractivity contribution >= 4 is 41.8 Å². The molecule has 0 radical (unpaired) electrons. The summed E-state index contributed by atoms with van der Waals surface area (Å²) in [6, 6.07) is 0. The Morgan fingerprint density at radius 3 is 2.28 bits per heavy atom. The normalized spacial score (nSPS) is 19.2. The van der Waals surface area contributed by atoms with Gasteiger partial charge in [-0.1, -0.05) is 0 Å². The number of carbonyl (C=O) groups is 2. The molecule has 0 spiro atoms. The van der Waals surface area contributed by atoms with E-state index in [1.807, 2.05) is 11.8 Å². The summed E-state index contributed by atoms with van der Waals surface area (Å²) in [5, 5.41) is 3.17. The molecule has 144 valence electrons. The summed E-state index contributed by atoms with van der Waals surface area (Å²) in [5.41, 5.74) is 0. The Balaban J connectivity index is 0.00000312. The molecule has 0 atom stereocenters. The summed E-state index contributed by atoms with van der Waals surface area (Å²) in [7, 11) is 1.73. The van der Waals surface area contributed by atoms with E-state index in [0.29, 0.717) is 6.61 Å². The molecule has 7 nitrogen and oxygen atoms in total. The molecule has 2 aliphatic rings. The number of hydrogen-bond donors (Lipinski definition) is 1. The van der Waals surface area contributed by atoms with Crippen LogP contribution >= 0.6 is 24.0 Å². The number of guanidine groups is 1. The SMILES string of the molecule is CCOC(=O)C1CCN(C(=NC)NCC(=O)N2CCCCC2)CC1.I. The molecule has 0 unspecified atom stereocenters. The zero-order valence-corrected chi connectivity index (χ0v) is 17.7. The predicted octanol–water partition coefficient (Wildman–Crippen LogP) is 1.47. The van der Waals surface area contributed by atoms with Crippen molar-refractivity contribution < 1.29 is 14.3 Å². The Bertz CT molecular complexity index is 459. The van der Waals surface area contributed by atoms with Gasteiger partial charge in [0.25, 0.3) is 0 Å². The van der Waals surface area contributed by atoms with Crippen LogP contribution in [-0.2, 0) is 14.3 Å². The van der Waals surface area contributed by atoms with E-state index in [1.54, 1.807) is 7.05 Å². The largest absolute Gasteiger partial charge is 0.466 e. The van der Waals surface area contributed by atoms with Gasteiger partial charge in [-0.15, -0.1) is 24.0 Å². The number of amides is 1. The monoisotopic (exact) mass is 466 g/mol. The highest BCUT2D eigenvalue weighted by atomic mass is 127. The summed E-state index contributed by atoms with van der Waals surface area (Å²) < 4.78 is 5.10. The first-order valence-electron chi connectivity index (χ1n) is 9.05. The van der Waals surface area contributed by atoms with Gasteiger partial charge in [-0.05, 0) is 39.0 Å². The third-order valence-corrected chi connectivity index (χ3v) is 4.73. The van der Waals surface area contributed by atoms with Gasteiger partial charge in [-0.3, -0.25) is 14.6 Å². The molecule has 0 saturated carbocycles. The lowest BCUT2D eigenvalue weighted by molar-refractivity contribution is -0.149. The van der Waals surface area contributed by atoms with Gasteiger partial charge in [0.1, 0.15) is 0 Å². The van der Waals surface area contributed by atoms with Crippen molar-refractivity contribution in [2.45, 2.75) is 39.0 Å². The number of carbonyl (C=O) groups excluding carboxylic acids is 2. The van der Waals surface area contributed by atoms with Crippen molar-refractivity contribution in [1.29, 1.82) is 0 Å². The molecule has 25 heavy (non-hydrogen) atoms. The average Bonchev–Trinajstić information content (AvgIpc) is 2.63. The van der Waals surface area contributed by atoms with Crippen LogP contribution in [0.1, 0.15) is 39.0 Å². The van der Waals surface area contributed by atoms with Crippen LogP contribution in [0.15, 0.2) is 4.99 Å². The van der Waals surface area contributed by atoms with E-state index in [0.717, 1.165) is 57.8 Å². The molecule has 0 bridgehead atoms. The minimum Gasteiger partial charge on any atom is -0.466 e. The molecule has 2 aliphatic heterocycles. The molecule has 2 saturated heterocycles. The summed E-state index contributed by atoms with van der Waals surface area (Å²) in [4.78, 5) is 32.4. The maximum atomic E-state index is 12.2.